The lowest BCUT2D eigenvalue weighted by atomic mass is 9.94. The molecule has 0 radical (unpaired) electrons. The van der Waals surface area contributed by atoms with Gasteiger partial charge in [-0.05, 0) is 52.5 Å². The van der Waals surface area contributed by atoms with Gasteiger partial charge in [-0.1, -0.05) is 81.7 Å². The molecule has 1 saturated carbocycles. The van der Waals surface area contributed by atoms with E-state index in [2.05, 4.69) is 30.2 Å². The SMILES string of the molecule is CCCCCCCN(C(=O)C(CS)NC(=O)OC(C)(C)C)C(C(=O)NC1CCCCC1)c1ccc(C)cc1. The highest BCUT2D eigenvalue weighted by Crippen LogP contribution is 2.26. The minimum atomic E-state index is -0.917. The summed E-state index contributed by atoms with van der Waals surface area (Å²) >= 11 is 4.38. The lowest BCUT2D eigenvalue weighted by Crippen LogP contribution is -2.54. The molecule has 3 amide bonds. The van der Waals surface area contributed by atoms with Crippen molar-refractivity contribution in [2.45, 2.75) is 123 Å². The summed E-state index contributed by atoms with van der Waals surface area (Å²) in [5.41, 5.74) is 1.15. The van der Waals surface area contributed by atoms with Gasteiger partial charge in [0.15, 0.2) is 0 Å². The zero-order valence-electron chi connectivity index (χ0n) is 24.1. The summed E-state index contributed by atoms with van der Waals surface area (Å²) in [7, 11) is 0. The van der Waals surface area contributed by atoms with E-state index in [-0.39, 0.29) is 23.6 Å². The van der Waals surface area contributed by atoms with Crippen LogP contribution < -0.4 is 10.6 Å². The van der Waals surface area contributed by atoms with E-state index in [1.54, 1.807) is 25.7 Å². The van der Waals surface area contributed by atoms with E-state index in [1.807, 2.05) is 31.2 Å². The molecule has 1 aliphatic carbocycles. The number of benzene rings is 1. The maximum Gasteiger partial charge on any atom is 0.408 e. The van der Waals surface area contributed by atoms with Crippen LogP contribution in [0.25, 0.3) is 0 Å². The third kappa shape index (κ3) is 10.9. The third-order valence-electron chi connectivity index (χ3n) is 6.86. The van der Waals surface area contributed by atoms with Crippen molar-refractivity contribution in [3.63, 3.8) is 0 Å². The van der Waals surface area contributed by atoms with E-state index in [1.165, 1.54) is 6.42 Å². The monoisotopic (exact) mass is 547 g/mol. The molecular weight excluding hydrogens is 498 g/mol. The standard InChI is InChI=1S/C30H49N3O4S/c1-6-7-8-9-13-20-33(28(35)25(21-38)32-29(36)37-30(3,4)5)26(23-18-16-22(2)17-19-23)27(34)31-24-14-11-10-12-15-24/h16-19,24-26,38H,6-15,20-21H2,1-5H3,(H,31,34)(H,32,36). The molecule has 2 N–H and O–H groups in total. The number of hydrogen-bond acceptors (Lipinski definition) is 5. The topological polar surface area (TPSA) is 87.7 Å². The highest BCUT2D eigenvalue weighted by Gasteiger charge is 2.36. The van der Waals surface area contributed by atoms with Crippen molar-refractivity contribution in [3.8, 4) is 0 Å². The van der Waals surface area contributed by atoms with Crippen LogP contribution in [-0.2, 0) is 14.3 Å². The smallest absolute Gasteiger partial charge is 0.408 e. The minimum absolute atomic E-state index is 0.0925. The molecule has 1 fully saturated rings. The van der Waals surface area contributed by atoms with Crippen molar-refractivity contribution in [1.29, 1.82) is 0 Å². The Bertz CT molecular complexity index is 878. The van der Waals surface area contributed by atoms with Gasteiger partial charge < -0.3 is 20.3 Å². The normalized spacial score (nSPS) is 15.8. The molecule has 1 aliphatic rings. The number of alkyl carbamates (subject to hydrolysis) is 1. The van der Waals surface area contributed by atoms with E-state index in [0.29, 0.717) is 6.54 Å². The number of nitrogens with zero attached hydrogens (tertiary/aromatic N) is 1. The van der Waals surface area contributed by atoms with Crippen LogP contribution in [0.4, 0.5) is 4.79 Å². The average Bonchev–Trinajstić information content (AvgIpc) is 2.86. The van der Waals surface area contributed by atoms with Crippen LogP contribution in [0.15, 0.2) is 24.3 Å². The van der Waals surface area contributed by atoms with Crippen molar-refractivity contribution >= 4 is 30.5 Å². The second-order valence-electron chi connectivity index (χ2n) is 11.5. The summed E-state index contributed by atoms with van der Waals surface area (Å²) in [5, 5.41) is 5.93. The number of hydrogen-bond donors (Lipinski definition) is 3. The summed E-state index contributed by atoms with van der Waals surface area (Å²) in [6.45, 7) is 9.90. The van der Waals surface area contributed by atoms with Crippen LogP contribution in [0.1, 0.15) is 109 Å². The molecule has 0 heterocycles. The summed E-state index contributed by atoms with van der Waals surface area (Å²) in [4.78, 5) is 42.1. The molecule has 1 aromatic carbocycles. The minimum Gasteiger partial charge on any atom is -0.444 e. The van der Waals surface area contributed by atoms with Gasteiger partial charge in [-0.25, -0.2) is 4.79 Å². The van der Waals surface area contributed by atoms with Gasteiger partial charge in [0.05, 0.1) is 0 Å². The Morgan fingerprint density at radius 2 is 1.66 bits per heavy atom. The second-order valence-corrected chi connectivity index (χ2v) is 11.8. The zero-order valence-corrected chi connectivity index (χ0v) is 24.9. The number of nitrogens with one attached hydrogen (secondary N) is 2. The number of rotatable bonds is 13. The molecule has 0 bridgehead atoms. The van der Waals surface area contributed by atoms with Gasteiger partial charge in [-0.3, -0.25) is 9.59 Å². The predicted octanol–water partition coefficient (Wildman–Crippen LogP) is 6.11. The molecule has 2 atom stereocenters. The Labute approximate surface area is 235 Å². The Balaban J connectivity index is 2.37. The molecule has 8 heteroatoms. The van der Waals surface area contributed by atoms with Gasteiger partial charge in [0.1, 0.15) is 17.7 Å². The number of amides is 3. The van der Waals surface area contributed by atoms with Crippen molar-refractivity contribution in [2.24, 2.45) is 0 Å². The molecule has 2 rings (SSSR count). The first-order chi connectivity index (χ1) is 18.1. The van der Waals surface area contributed by atoms with Gasteiger partial charge in [0.2, 0.25) is 11.8 Å². The first-order valence-electron chi connectivity index (χ1n) is 14.3. The molecule has 38 heavy (non-hydrogen) atoms. The molecule has 1 aromatic rings. The Morgan fingerprint density at radius 1 is 1.03 bits per heavy atom. The maximum absolute atomic E-state index is 14.0. The van der Waals surface area contributed by atoms with Gasteiger partial charge in [-0.2, -0.15) is 12.6 Å². The lowest BCUT2D eigenvalue weighted by molar-refractivity contribution is -0.142. The number of thiol groups is 1. The lowest BCUT2D eigenvalue weighted by Gasteiger charge is -2.35. The summed E-state index contributed by atoms with van der Waals surface area (Å²) < 4.78 is 5.40. The fourth-order valence-corrected chi connectivity index (χ4v) is 5.08. The van der Waals surface area contributed by atoms with Gasteiger partial charge in [0.25, 0.3) is 0 Å². The summed E-state index contributed by atoms with van der Waals surface area (Å²) in [5.74, 6) is -0.404. The fraction of sp³-hybridized carbons (Fsp3) is 0.700. The second kappa shape index (κ2) is 16.0. The fourth-order valence-electron chi connectivity index (χ4n) is 4.84. The van der Waals surface area contributed by atoms with Gasteiger partial charge >= 0.3 is 6.09 Å². The van der Waals surface area contributed by atoms with Crippen LogP contribution >= 0.6 is 12.6 Å². The molecule has 0 aliphatic heterocycles. The van der Waals surface area contributed by atoms with Crippen molar-refractivity contribution < 1.29 is 19.1 Å². The van der Waals surface area contributed by atoms with Crippen molar-refractivity contribution in [1.82, 2.24) is 15.5 Å². The molecule has 2 unspecified atom stereocenters. The van der Waals surface area contributed by atoms with Gasteiger partial charge in [0, 0.05) is 18.3 Å². The van der Waals surface area contributed by atoms with E-state index in [0.717, 1.165) is 68.9 Å². The highest BCUT2D eigenvalue weighted by molar-refractivity contribution is 7.80. The van der Waals surface area contributed by atoms with Crippen LogP contribution in [0.3, 0.4) is 0 Å². The van der Waals surface area contributed by atoms with Crippen LogP contribution in [0.5, 0.6) is 0 Å². The van der Waals surface area contributed by atoms with Crippen LogP contribution in [0, 0.1) is 6.92 Å². The third-order valence-corrected chi connectivity index (χ3v) is 7.23. The number of ether oxygens (including phenoxy) is 1. The summed E-state index contributed by atoms with van der Waals surface area (Å²) in [6.07, 6.45) is 9.70. The Hall–Kier alpha value is -2.22. The highest BCUT2D eigenvalue weighted by atomic mass is 32.1. The maximum atomic E-state index is 14.0. The Kier molecular flexibility index (Phi) is 13.5. The first-order valence-corrected chi connectivity index (χ1v) is 15.0. The molecule has 0 spiro atoms. The summed E-state index contributed by atoms with van der Waals surface area (Å²) in [6, 6.07) is 6.19. The quantitative estimate of drug-likeness (QED) is 0.205. The van der Waals surface area contributed by atoms with E-state index in [9.17, 15) is 14.4 Å². The predicted molar refractivity (Wildman–Crippen MR) is 156 cm³/mol. The molecular formula is C30H49N3O4S. The molecule has 0 aromatic heterocycles. The first kappa shape index (κ1) is 32.0. The molecule has 7 nitrogen and oxygen atoms in total. The van der Waals surface area contributed by atoms with E-state index in [4.69, 9.17) is 4.74 Å². The van der Waals surface area contributed by atoms with Crippen molar-refractivity contribution in [3.05, 3.63) is 35.4 Å². The van der Waals surface area contributed by atoms with Gasteiger partial charge in [-0.15, -0.1) is 0 Å². The molecule has 0 saturated heterocycles. The number of carbonyl (C=O) groups is 3. The average molecular weight is 548 g/mol. The number of aryl methyl sites for hydroxylation is 1. The largest absolute Gasteiger partial charge is 0.444 e. The van der Waals surface area contributed by atoms with E-state index < -0.39 is 23.8 Å². The molecule has 214 valence electrons. The van der Waals surface area contributed by atoms with Crippen molar-refractivity contribution in [2.75, 3.05) is 12.3 Å². The van der Waals surface area contributed by atoms with Crippen LogP contribution in [-0.4, -0.2) is 52.8 Å². The van der Waals surface area contributed by atoms with Crippen LogP contribution in [0.2, 0.25) is 0 Å². The number of unbranched alkanes of at least 4 members (excludes halogenated alkanes) is 4. The van der Waals surface area contributed by atoms with E-state index >= 15 is 0 Å². The zero-order chi connectivity index (χ0) is 28.1. The Morgan fingerprint density at radius 3 is 2.24 bits per heavy atom. The number of carbonyl (C=O) groups excluding carboxylic acids is 3.